The normalized spacial score (nSPS) is 17.2. The first-order chi connectivity index (χ1) is 9.55. The Bertz CT molecular complexity index is 540. The van der Waals surface area contributed by atoms with Gasteiger partial charge in [-0.15, -0.1) is 0 Å². The lowest BCUT2D eigenvalue weighted by Gasteiger charge is -2.34. The van der Waals surface area contributed by atoms with Gasteiger partial charge in [0.1, 0.15) is 5.60 Å². The molecule has 1 saturated carbocycles. The third-order valence-electron chi connectivity index (χ3n) is 4.27. The molecule has 1 aliphatic rings. The van der Waals surface area contributed by atoms with Crippen molar-refractivity contribution < 1.29 is 9.53 Å². The second kappa shape index (κ2) is 5.02. The van der Waals surface area contributed by atoms with Crippen LogP contribution in [0.1, 0.15) is 53.0 Å². The Morgan fingerprint density at radius 3 is 2.29 bits per heavy atom. The molecule has 0 atom stereocenters. The summed E-state index contributed by atoms with van der Waals surface area (Å²) in [6.07, 6.45) is 1.59. The minimum Gasteiger partial charge on any atom is -0.444 e. The van der Waals surface area contributed by atoms with Crippen molar-refractivity contribution in [1.82, 2.24) is 0 Å². The van der Waals surface area contributed by atoms with Crippen LogP contribution in [0.15, 0.2) is 24.3 Å². The van der Waals surface area contributed by atoms with Crippen LogP contribution >= 0.6 is 0 Å². The van der Waals surface area contributed by atoms with E-state index in [2.05, 4.69) is 19.2 Å². The molecule has 1 fully saturated rings. The van der Waals surface area contributed by atoms with Gasteiger partial charge in [0, 0.05) is 16.6 Å². The number of hydrogen-bond acceptors (Lipinski definition) is 3. The molecule has 1 aromatic carbocycles. The van der Waals surface area contributed by atoms with Gasteiger partial charge in [-0.2, -0.15) is 0 Å². The molecule has 3 N–H and O–H groups in total. The Balaban J connectivity index is 2.24. The quantitative estimate of drug-likeness (QED) is 0.890. The summed E-state index contributed by atoms with van der Waals surface area (Å²) in [5, 5.41) is 2.86. The smallest absolute Gasteiger partial charge is 0.412 e. The van der Waals surface area contributed by atoms with Crippen molar-refractivity contribution in [2.24, 2.45) is 5.73 Å². The van der Waals surface area contributed by atoms with Gasteiger partial charge in [-0.1, -0.05) is 32.0 Å². The molecular formula is C17H26N2O2. The molecule has 4 heteroatoms. The van der Waals surface area contributed by atoms with Gasteiger partial charge in [-0.3, -0.25) is 5.32 Å². The molecule has 2 rings (SSSR count). The molecule has 116 valence electrons. The standard InChI is InChI=1S/C17H26N2O2/c1-15(2,3)21-14(20)19-13-9-7-6-8-12(13)16(4,5)17(18)10-11-17/h6-9H,10-11,18H2,1-5H3,(H,19,20). The first-order valence-corrected chi connectivity index (χ1v) is 7.44. The highest BCUT2D eigenvalue weighted by Crippen LogP contribution is 2.50. The van der Waals surface area contributed by atoms with Crippen molar-refractivity contribution in [1.29, 1.82) is 0 Å². The fourth-order valence-corrected chi connectivity index (χ4v) is 2.58. The van der Waals surface area contributed by atoms with Gasteiger partial charge in [0.15, 0.2) is 0 Å². The molecule has 0 radical (unpaired) electrons. The first-order valence-electron chi connectivity index (χ1n) is 7.44. The number of benzene rings is 1. The van der Waals surface area contributed by atoms with Crippen molar-refractivity contribution in [3.8, 4) is 0 Å². The van der Waals surface area contributed by atoms with Crippen LogP contribution in [0.25, 0.3) is 0 Å². The number of amides is 1. The fourth-order valence-electron chi connectivity index (χ4n) is 2.58. The molecule has 1 amide bonds. The fraction of sp³-hybridized carbons (Fsp3) is 0.588. The van der Waals surface area contributed by atoms with Crippen LogP contribution in [0, 0.1) is 0 Å². The Kier molecular flexibility index (Phi) is 3.79. The minimum absolute atomic E-state index is 0.182. The predicted molar refractivity (Wildman–Crippen MR) is 85.5 cm³/mol. The molecule has 0 saturated heterocycles. The van der Waals surface area contributed by atoms with E-state index in [9.17, 15) is 4.79 Å². The zero-order valence-electron chi connectivity index (χ0n) is 13.6. The van der Waals surface area contributed by atoms with E-state index in [4.69, 9.17) is 10.5 Å². The predicted octanol–water partition coefficient (Wildman–Crippen LogP) is 3.80. The van der Waals surface area contributed by atoms with E-state index < -0.39 is 11.7 Å². The van der Waals surface area contributed by atoms with Crippen LogP contribution in [-0.4, -0.2) is 17.2 Å². The Labute approximate surface area is 127 Å². The van der Waals surface area contributed by atoms with Crippen LogP contribution in [0.2, 0.25) is 0 Å². The van der Waals surface area contributed by atoms with E-state index in [1.807, 2.05) is 45.0 Å². The molecule has 0 bridgehead atoms. The lowest BCUT2D eigenvalue weighted by atomic mass is 9.75. The summed E-state index contributed by atoms with van der Waals surface area (Å²) in [7, 11) is 0. The molecule has 0 heterocycles. The molecule has 4 nitrogen and oxygen atoms in total. The Morgan fingerprint density at radius 2 is 1.76 bits per heavy atom. The van der Waals surface area contributed by atoms with E-state index in [-0.39, 0.29) is 11.0 Å². The van der Waals surface area contributed by atoms with Gasteiger partial charge in [-0.25, -0.2) is 4.79 Å². The largest absolute Gasteiger partial charge is 0.444 e. The number of para-hydroxylation sites is 1. The van der Waals surface area contributed by atoms with Crippen molar-refractivity contribution in [3.05, 3.63) is 29.8 Å². The third-order valence-corrected chi connectivity index (χ3v) is 4.27. The van der Waals surface area contributed by atoms with Crippen LogP contribution < -0.4 is 11.1 Å². The maximum Gasteiger partial charge on any atom is 0.412 e. The SMILES string of the molecule is CC(C)(C)OC(=O)Nc1ccccc1C(C)(C)C1(N)CC1. The average Bonchev–Trinajstić information content (AvgIpc) is 3.07. The van der Waals surface area contributed by atoms with Crippen LogP contribution in [0.5, 0.6) is 0 Å². The van der Waals surface area contributed by atoms with Crippen LogP contribution in [0.3, 0.4) is 0 Å². The summed E-state index contributed by atoms with van der Waals surface area (Å²) in [4.78, 5) is 12.0. The highest BCUT2D eigenvalue weighted by Gasteiger charge is 2.52. The highest BCUT2D eigenvalue weighted by molar-refractivity contribution is 5.86. The zero-order valence-corrected chi connectivity index (χ0v) is 13.6. The minimum atomic E-state index is -0.514. The van der Waals surface area contributed by atoms with Gasteiger partial charge in [0.05, 0.1) is 0 Å². The van der Waals surface area contributed by atoms with Gasteiger partial charge >= 0.3 is 6.09 Å². The van der Waals surface area contributed by atoms with Crippen molar-refractivity contribution in [2.75, 3.05) is 5.32 Å². The molecule has 0 spiro atoms. The Hall–Kier alpha value is -1.55. The monoisotopic (exact) mass is 290 g/mol. The number of carbonyl (C=O) groups is 1. The van der Waals surface area contributed by atoms with Crippen molar-refractivity contribution >= 4 is 11.8 Å². The summed E-state index contributed by atoms with van der Waals surface area (Å²) < 4.78 is 5.33. The van der Waals surface area contributed by atoms with Crippen molar-refractivity contribution in [3.63, 3.8) is 0 Å². The summed E-state index contributed by atoms with van der Waals surface area (Å²) in [6.45, 7) is 9.82. The summed E-state index contributed by atoms with van der Waals surface area (Å²) in [5.74, 6) is 0. The number of nitrogens with one attached hydrogen (secondary N) is 1. The summed E-state index contributed by atoms with van der Waals surface area (Å²) in [5.41, 5.74) is 7.35. The second-order valence-corrected chi connectivity index (χ2v) is 7.45. The molecular weight excluding hydrogens is 264 g/mol. The lowest BCUT2D eigenvalue weighted by molar-refractivity contribution is 0.0635. The summed E-state index contributed by atoms with van der Waals surface area (Å²) >= 11 is 0. The van der Waals surface area contributed by atoms with E-state index in [0.29, 0.717) is 0 Å². The van der Waals surface area contributed by atoms with Crippen molar-refractivity contribution in [2.45, 2.75) is 64.0 Å². The third kappa shape index (κ3) is 3.38. The van der Waals surface area contributed by atoms with E-state index in [1.54, 1.807) is 0 Å². The number of rotatable bonds is 3. The van der Waals surface area contributed by atoms with Crippen LogP contribution in [0.4, 0.5) is 10.5 Å². The molecule has 0 aromatic heterocycles. The lowest BCUT2D eigenvalue weighted by Crippen LogP contribution is -2.43. The first kappa shape index (κ1) is 15.8. The Morgan fingerprint density at radius 1 is 1.19 bits per heavy atom. The molecule has 21 heavy (non-hydrogen) atoms. The molecule has 0 aliphatic heterocycles. The molecule has 0 unspecified atom stereocenters. The number of anilines is 1. The number of carbonyl (C=O) groups excluding carboxylic acids is 1. The molecule has 1 aromatic rings. The highest BCUT2D eigenvalue weighted by atomic mass is 16.6. The van der Waals surface area contributed by atoms with E-state index in [1.165, 1.54) is 0 Å². The number of hydrogen-bond donors (Lipinski definition) is 2. The molecule has 1 aliphatic carbocycles. The van der Waals surface area contributed by atoms with E-state index in [0.717, 1.165) is 24.1 Å². The van der Waals surface area contributed by atoms with Crippen LogP contribution in [-0.2, 0) is 10.2 Å². The van der Waals surface area contributed by atoms with Gasteiger partial charge in [-0.05, 0) is 45.2 Å². The van der Waals surface area contributed by atoms with Gasteiger partial charge in [0.25, 0.3) is 0 Å². The van der Waals surface area contributed by atoms with Gasteiger partial charge < -0.3 is 10.5 Å². The second-order valence-electron chi connectivity index (χ2n) is 7.45. The topological polar surface area (TPSA) is 64.3 Å². The maximum atomic E-state index is 12.0. The summed E-state index contributed by atoms with van der Waals surface area (Å²) in [6, 6.07) is 7.80. The van der Waals surface area contributed by atoms with Gasteiger partial charge in [0.2, 0.25) is 0 Å². The maximum absolute atomic E-state index is 12.0. The number of ether oxygens (including phenoxy) is 1. The zero-order chi connectivity index (χ0) is 15.9. The average molecular weight is 290 g/mol. The number of nitrogens with two attached hydrogens (primary N) is 1. The van der Waals surface area contributed by atoms with E-state index >= 15 is 0 Å².